The van der Waals surface area contributed by atoms with Crippen molar-refractivity contribution in [1.82, 2.24) is 10.2 Å². The van der Waals surface area contributed by atoms with Gasteiger partial charge in [0, 0.05) is 30.5 Å². The number of methoxy groups -OCH3 is 1. The zero-order chi connectivity index (χ0) is 22.5. The topological polar surface area (TPSA) is 102 Å². The number of nitrogens with one attached hydrogen (secondary N) is 1. The molecule has 2 aliphatic heterocycles. The van der Waals surface area contributed by atoms with E-state index in [2.05, 4.69) is 10.1 Å². The second kappa shape index (κ2) is 10.00. The van der Waals surface area contributed by atoms with E-state index in [1.165, 1.54) is 25.8 Å². The van der Waals surface area contributed by atoms with Crippen molar-refractivity contribution in [3.63, 3.8) is 0 Å². The van der Waals surface area contributed by atoms with Crippen molar-refractivity contribution < 1.29 is 28.7 Å². The summed E-state index contributed by atoms with van der Waals surface area (Å²) in [6, 6.07) is 6.59. The Labute approximate surface area is 185 Å². The van der Waals surface area contributed by atoms with Crippen LogP contribution in [0.15, 0.2) is 34.9 Å². The van der Waals surface area contributed by atoms with E-state index in [-0.39, 0.29) is 30.4 Å². The van der Waals surface area contributed by atoms with Crippen LogP contribution in [-0.4, -0.2) is 54.1 Å². The highest BCUT2D eigenvalue weighted by atomic mass is 32.2. The Morgan fingerprint density at radius 1 is 1.19 bits per heavy atom. The fourth-order valence-electron chi connectivity index (χ4n) is 3.79. The van der Waals surface area contributed by atoms with Crippen molar-refractivity contribution in [3.05, 3.63) is 46.0 Å². The molecule has 3 rings (SSSR count). The second-order valence-corrected chi connectivity index (χ2v) is 8.55. The van der Waals surface area contributed by atoms with E-state index >= 15 is 0 Å². The number of nitrogens with zero attached hydrogens (tertiary/aromatic N) is 1. The molecule has 0 unspecified atom stereocenters. The smallest absolute Gasteiger partial charge is 0.356 e. The number of benzene rings is 1. The normalized spacial score (nSPS) is 19.6. The number of amides is 2. The van der Waals surface area contributed by atoms with Gasteiger partial charge in [0.15, 0.2) is 0 Å². The molecule has 0 spiro atoms. The molecule has 0 radical (unpaired) electrons. The lowest BCUT2D eigenvalue weighted by atomic mass is 9.85. The number of esters is 2. The lowest BCUT2D eigenvalue weighted by molar-refractivity contribution is -0.157. The summed E-state index contributed by atoms with van der Waals surface area (Å²) in [6.45, 7) is 3.93. The fraction of sp³-hybridized carbons (Fsp3) is 0.455. The molecule has 31 heavy (non-hydrogen) atoms. The van der Waals surface area contributed by atoms with Gasteiger partial charge in [-0.3, -0.25) is 9.59 Å². The van der Waals surface area contributed by atoms with Gasteiger partial charge in [-0.15, -0.1) is 11.8 Å². The van der Waals surface area contributed by atoms with E-state index in [0.717, 1.165) is 16.9 Å². The van der Waals surface area contributed by atoms with E-state index in [1.54, 1.807) is 29.2 Å². The largest absolute Gasteiger partial charge is 0.465 e. The third-order valence-electron chi connectivity index (χ3n) is 5.38. The number of thioether (sulfide) groups is 1. The first-order valence-corrected chi connectivity index (χ1v) is 11.1. The van der Waals surface area contributed by atoms with E-state index in [4.69, 9.17) is 4.74 Å². The lowest BCUT2D eigenvalue weighted by Gasteiger charge is -2.43. The minimum atomic E-state index is -0.538. The number of β-lactam (4-membered cyclic amide) rings is 1. The van der Waals surface area contributed by atoms with Crippen LogP contribution < -0.4 is 5.32 Å². The van der Waals surface area contributed by atoms with Crippen LogP contribution in [0.2, 0.25) is 0 Å². The van der Waals surface area contributed by atoms with Gasteiger partial charge in [-0.25, -0.2) is 9.59 Å². The number of fused-ring (bicyclic) bond motifs is 1. The molecule has 9 heteroatoms. The Morgan fingerprint density at radius 2 is 1.90 bits per heavy atom. The Hall–Kier alpha value is -2.81. The summed E-state index contributed by atoms with van der Waals surface area (Å²) in [6.07, 6.45) is 1.37. The van der Waals surface area contributed by atoms with Gasteiger partial charge in [-0.05, 0) is 24.1 Å². The molecule has 8 nitrogen and oxygen atoms in total. The molecule has 2 aliphatic rings. The number of ether oxygens (including phenoxy) is 2. The molecule has 0 aromatic heterocycles. The fourth-order valence-corrected chi connectivity index (χ4v) is 4.85. The second-order valence-electron chi connectivity index (χ2n) is 7.36. The summed E-state index contributed by atoms with van der Waals surface area (Å²) < 4.78 is 10.2. The highest BCUT2D eigenvalue weighted by Gasteiger charge is 2.54. The van der Waals surface area contributed by atoms with Gasteiger partial charge in [0.25, 0.3) is 0 Å². The minimum Gasteiger partial charge on any atom is -0.465 e. The van der Waals surface area contributed by atoms with Crippen LogP contribution in [-0.2, 0) is 30.5 Å². The van der Waals surface area contributed by atoms with Crippen molar-refractivity contribution in [2.24, 2.45) is 5.92 Å². The van der Waals surface area contributed by atoms with Crippen molar-refractivity contribution >= 4 is 35.5 Å². The third-order valence-corrected chi connectivity index (χ3v) is 6.50. The quantitative estimate of drug-likeness (QED) is 0.353. The van der Waals surface area contributed by atoms with E-state index in [9.17, 15) is 19.2 Å². The zero-order valence-electron chi connectivity index (χ0n) is 17.8. The maximum atomic E-state index is 12.9. The van der Waals surface area contributed by atoms with Gasteiger partial charge in [0.05, 0.1) is 24.6 Å². The molecule has 166 valence electrons. The van der Waals surface area contributed by atoms with E-state index in [0.29, 0.717) is 30.0 Å². The van der Waals surface area contributed by atoms with E-state index in [1.807, 2.05) is 6.92 Å². The highest BCUT2D eigenvalue weighted by Crippen LogP contribution is 2.47. The molecular formula is C22H26N2O6S. The molecule has 1 fully saturated rings. The molecule has 2 heterocycles. The highest BCUT2D eigenvalue weighted by molar-refractivity contribution is 8.03. The summed E-state index contributed by atoms with van der Waals surface area (Å²) >= 11 is 1.47. The first-order chi connectivity index (χ1) is 14.9. The molecule has 1 aromatic carbocycles. The molecule has 2 amide bonds. The molecule has 0 aliphatic carbocycles. The summed E-state index contributed by atoms with van der Waals surface area (Å²) in [5.74, 6) is -0.588. The van der Waals surface area contributed by atoms with Crippen LogP contribution in [0.25, 0.3) is 0 Å². The monoisotopic (exact) mass is 446 g/mol. The van der Waals surface area contributed by atoms with Crippen LogP contribution in [0.5, 0.6) is 0 Å². The Balaban J connectivity index is 1.67. The predicted octanol–water partition coefficient (Wildman–Crippen LogP) is 2.24. The molecule has 1 saturated heterocycles. The third kappa shape index (κ3) is 4.92. The Morgan fingerprint density at radius 3 is 2.52 bits per heavy atom. The van der Waals surface area contributed by atoms with Gasteiger partial charge in [-0.2, -0.15) is 0 Å². The van der Waals surface area contributed by atoms with Crippen LogP contribution >= 0.6 is 11.8 Å². The molecule has 0 bridgehead atoms. The van der Waals surface area contributed by atoms with Crippen molar-refractivity contribution in [3.8, 4) is 0 Å². The molecule has 1 N–H and O–H groups in total. The summed E-state index contributed by atoms with van der Waals surface area (Å²) in [7, 11) is 1.31. The van der Waals surface area contributed by atoms with Crippen molar-refractivity contribution in [1.29, 1.82) is 0 Å². The lowest BCUT2D eigenvalue weighted by Crippen LogP contribution is -2.58. The van der Waals surface area contributed by atoms with E-state index < -0.39 is 11.9 Å². The summed E-state index contributed by atoms with van der Waals surface area (Å²) in [5.41, 5.74) is 1.45. The van der Waals surface area contributed by atoms with Gasteiger partial charge in [-0.1, -0.05) is 19.1 Å². The van der Waals surface area contributed by atoms with Gasteiger partial charge >= 0.3 is 11.9 Å². The zero-order valence-corrected chi connectivity index (χ0v) is 18.6. The Bertz CT molecular complexity index is 911. The van der Waals surface area contributed by atoms with Gasteiger partial charge in [0.2, 0.25) is 11.8 Å². The van der Waals surface area contributed by atoms with Crippen molar-refractivity contribution in [2.75, 3.05) is 19.4 Å². The van der Waals surface area contributed by atoms with Crippen LogP contribution in [0.3, 0.4) is 0 Å². The molecule has 2 atom stereocenters. The summed E-state index contributed by atoms with van der Waals surface area (Å²) in [5, 5.41) is 2.73. The first kappa shape index (κ1) is 22.9. The SMILES string of the molecule is CC[C@@H]1C(=O)N2C(C(=O)OCc3ccc(C(=O)OC)cc3)=C(SCCNC(C)=O)C[C@H]12. The molecule has 0 saturated carbocycles. The predicted molar refractivity (Wildman–Crippen MR) is 115 cm³/mol. The first-order valence-electron chi connectivity index (χ1n) is 10.1. The van der Waals surface area contributed by atoms with Crippen LogP contribution in [0.1, 0.15) is 42.6 Å². The number of carbonyl (C=O) groups is 4. The average molecular weight is 447 g/mol. The number of hydrogen-bond donors (Lipinski definition) is 1. The van der Waals surface area contributed by atoms with Gasteiger partial charge in [0.1, 0.15) is 12.3 Å². The number of hydrogen-bond acceptors (Lipinski definition) is 7. The van der Waals surface area contributed by atoms with Crippen molar-refractivity contribution in [2.45, 2.75) is 39.3 Å². The minimum absolute atomic E-state index is 0.00246. The van der Waals surface area contributed by atoms with Crippen LogP contribution in [0, 0.1) is 5.92 Å². The van der Waals surface area contributed by atoms with Gasteiger partial charge < -0.3 is 19.7 Å². The maximum Gasteiger partial charge on any atom is 0.356 e. The van der Waals surface area contributed by atoms with Crippen LogP contribution in [0.4, 0.5) is 0 Å². The maximum absolute atomic E-state index is 12.9. The number of rotatable bonds is 9. The number of carbonyl (C=O) groups excluding carboxylic acids is 4. The Kier molecular flexibility index (Phi) is 7.37. The summed E-state index contributed by atoms with van der Waals surface area (Å²) in [4.78, 5) is 50.4. The standard InChI is InChI=1S/C22H26N2O6S/c1-4-16-17-11-18(31-10-9-23-13(2)25)19(24(17)20(16)26)22(28)30-12-14-5-7-15(8-6-14)21(27)29-3/h5-8,16-17H,4,9-12H2,1-3H3,(H,23,25)/t16-,17+/m0/s1. The molecular weight excluding hydrogens is 420 g/mol. The molecule has 1 aromatic rings. The average Bonchev–Trinajstić information content (AvgIpc) is 3.09.